The fourth-order valence-electron chi connectivity index (χ4n) is 1.99. The van der Waals surface area contributed by atoms with E-state index in [0.29, 0.717) is 11.5 Å². The Morgan fingerprint density at radius 2 is 1.84 bits per heavy atom. The van der Waals surface area contributed by atoms with E-state index in [2.05, 4.69) is 15.4 Å². The average molecular weight is 342 g/mol. The van der Waals surface area contributed by atoms with Crippen molar-refractivity contribution in [1.82, 2.24) is 10.2 Å². The van der Waals surface area contributed by atoms with Crippen LogP contribution in [0.1, 0.15) is 11.5 Å². The number of hydrogen-bond donors (Lipinski definition) is 1. The van der Waals surface area contributed by atoms with Gasteiger partial charge in [0.15, 0.2) is 12.4 Å². The molecule has 3 rings (SSSR count). The number of amidine groups is 1. The summed E-state index contributed by atoms with van der Waals surface area (Å²) in [6.45, 7) is -0.0367. The van der Waals surface area contributed by atoms with Crippen molar-refractivity contribution in [3.8, 4) is 17.2 Å². The van der Waals surface area contributed by atoms with Gasteiger partial charge in [-0.05, 0) is 48.5 Å². The predicted octanol–water partition coefficient (Wildman–Crippen LogP) is 2.72. The molecule has 0 unspecified atom stereocenters. The summed E-state index contributed by atoms with van der Waals surface area (Å²) in [5.74, 6) is 1.11. The van der Waals surface area contributed by atoms with Crippen molar-refractivity contribution in [2.75, 3.05) is 7.11 Å². The van der Waals surface area contributed by atoms with Gasteiger partial charge in [0, 0.05) is 11.1 Å². The molecular weight excluding hydrogens is 327 g/mol. The zero-order valence-electron chi connectivity index (χ0n) is 13.3. The van der Waals surface area contributed by atoms with Crippen LogP contribution in [0.3, 0.4) is 0 Å². The second-order valence-electron chi connectivity index (χ2n) is 4.99. The second kappa shape index (κ2) is 7.43. The van der Waals surface area contributed by atoms with Gasteiger partial charge in [-0.25, -0.2) is 4.39 Å². The van der Waals surface area contributed by atoms with Crippen LogP contribution in [-0.4, -0.2) is 23.1 Å². The minimum absolute atomic E-state index is 0.0367. The van der Waals surface area contributed by atoms with Crippen molar-refractivity contribution < 1.29 is 18.4 Å². The first kappa shape index (κ1) is 16.4. The maximum atomic E-state index is 12.9. The van der Waals surface area contributed by atoms with Crippen molar-refractivity contribution in [3.05, 3.63) is 65.8 Å². The molecule has 3 aromatic rings. The van der Waals surface area contributed by atoms with E-state index in [-0.39, 0.29) is 24.2 Å². The molecular formula is C17H15FN4O3. The van der Waals surface area contributed by atoms with Crippen LogP contribution in [0.25, 0.3) is 11.5 Å². The zero-order valence-corrected chi connectivity index (χ0v) is 13.3. The summed E-state index contributed by atoms with van der Waals surface area (Å²) in [6, 6.07) is 12.8. The minimum Gasteiger partial charge on any atom is -0.497 e. The molecule has 0 atom stereocenters. The molecule has 25 heavy (non-hydrogen) atoms. The lowest BCUT2D eigenvalue weighted by Crippen LogP contribution is -2.13. The van der Waals surface area contributed by atoms with E-state index in [1.165, 1.54) is 24.3 Å². The first-order chi connectivity index (χ1) is 12.2. The molecule has 0 spiro atoms. The molecule has 0 aliphatic heterocycles. The van der Waals surface area contributed by atoms with Crippen molar-refractivity contribution >= 4 is 5.84 Å². The number of hydrogen-bond acceptors (Lipinski definition) is 6. The van der Waals surface area contributed by atoms with Crippen LogP contribution in [0.2, 0.25) is 0 Å². The molecule has 8 heteroatoms. The van der Waals surface area contributed by atoms with Gasteiger partial charge in [0.1, 0.15) is 11.6 Å². The summed E-state index contributed by atoms with van der Waals surface area (Å²) < 4.78 is 23.5. The lowest BCUT2D eigenvalue weighted by Gasteiger charge is -2.00. The van der Waals surface area contributed by atoms with Crippen LogP contribution in [0.5, 0.6) is 5.75 Å². The van der Waals surface area contributed by atoms with Crippen molar-refractivity contribution in [2.24, 2.45) is 10.9 Å². The van der Waals surface area contributed by atoms with E-state index in [1.807, 2.05) is 12.1 Å². The zero-order chi connectivity index (χ0) is 17.6. The summed E-state index contributed by atoms with van der Waals surface area (Å²) >= 11 is 0. The number of methoxy groups -OCH3 is 1. The van der Waals surface area contributed by atoms with Crippen LogP contribution in [0, 0.1) is 5.82 Å². The molecule has 0 bridgehead atoms. The SMILES string of the molecule is COc1ccc(-c2nnc(CO/N=C(\N)c3ccc(F)cc3)o2)cc1. The van der Waals surface area contributed by atoms with Gasteiger partial charge >= 0.3 is 0 Å². The minimum atomic E-state index is -0.352. The lowest BCUT2D eigenvalue weighted by molar-refractivity contribution is 0.111. The Kier molecular flexibility index (Phi) is 4.89. The molecule has 1 aromatic heterocycles. The maximum absolute atomic E-state index is 12.9. The Balaban J connectivity index is 1.61. The van der Waals surface area contributed by atoms with Gasteiger partial charge in [-0.3, -0.25) is 0 Å². The van der Waals surface area contributed by atoms with Crippen LogP contribution in [0.15, 0.2) is 58.1 Å². The number of ether oxygens (including phenoxy) is 1. The Morgan fingerprint density at radius 1 is 1.12 bits per heavy atom. The van der Waals surface area contributed by atoms with E-state index >= 15 is 0 Å². The Bertz CT molecular complexity index is 860. The molecule has 128 valence electrons. The monoisotopic (exact) mass is 342 g/mol. The summed E-state index contributed by atoms with van der Waals surface area (Å²) in [5, 5.41) is 11.6. The van der Waals surface area contributed by atoms with Crippen LogP contribution >= 0.6 is 0 Å². The highest BCUT2D eigenvalue weighted by molar-refractivity contribution is 5.96. The van der Waals surface area contributed by atoms with Crippen LogP contribution < -0.4 is 10.5 Å². The standard InChI is InChI=1S/C17H15FN4O3/c1-23-14-8-4-12(5-9-14)17-21-20-15(25-17)10-24-22-16(19)11-2-6-13(18)7-3-11/h2-9H,10H2,1H3,(H2,19,22). The van der Waals surface area contributed by atoms with Gasteiger partial charge < -0.3 is 19.7 Å². The number of rotatable bonds is 6. The largest absolute Gasteiger partial charge is 0.497 e. The quantitative estimate of drug-likeness (QED) is 0.420. The highest BCUT2D eigenvalue weighted by Crippen LogP contribution is 2.21. The summed E-state index contributed by atoms with van der Waals surface area (Å²) in [5.41, 5.74) is 7.06. The van der Waals surface area contributed by atoms with Gasteiger partial charge in [0.05, 0.1) is 7.11 Å². The number of halogens is 1. The number of benzene rings is 2. The van der Waals surface area contributed by atoms with Gasteiger partial charge in [-0.1, -0.05) is 5.16 Å². The molecule has 7 nitrogen and oxygen atoms in total. The third-order valence-corrected chi connectivity index (χ3v) is 3.29. The fraction of sp³-hybridized carbons (Fsp3) is 0.118. The Labute approximate surface area is 142 Å². The molecule has 1 heterocycles. The van der Waals surface area contributed by atoms with Crippen molar-refractivity contribution in [2.45, 2.75) is 6.61 Å². The molecule has 0 amide bonds. The first-order valence-electron chi connectivity index (χ1n) is 7.34. The third-order valence-electron chi connectivity index (χ3n) is 3.29. The molecule has 2 aromatic carbocycles. The predicted molar refractivity (Wildman–Crippen MR) is 88.2 cm³/mol. The van der Waals surface area contributed by atoms with Gasteiger partial charge in [-0.2, -0.15) is 0 Å². The van der Waals surface area contributed by atoms with E-state index in [9.17, 15) is 4.39 Å². The highest BCUT2D eigenvalue weighted by Gasteiger charge is 2.09. The van der Waals surface area contributed by atoms with Crippen molar-refractivity contribution in [3.63, 3.8) is 0 Å². The number of aromatic nitrogens is 2. The van der Waals surface area contributed by atoms with Gasteiger partial charge in [0.25, 0.3) is 5.89 Å². The average Bonchev–Trinajstić information content (AvgIpc) is 3.11. The Hall–Kier alpha value is -3.42. The molecule has 0 radical (unpaired) electrons. The second-order valence-corrected chi connectivity index (χ2v) is 4.99. The van der Waals surface area contributed by atoms with E-state index in [0.717, 1.165) is 11.3 Å². The highest BCUT2D eigenvalue weighted by atomic mass is 19.1. The summed E-state index contributed by atoms with van der Waals surface area (Å²) in [4.78, 5) is 5.10. The summed E-state index contributed by atoms with van der Waals surface area (Å²) in [7, 11) is 1.59. The molecule has 2 N–H and O–H groups in total. The molecule has 0 saturated carbocycles. The normalized spacial score (nSPS) is 11.4. The molecule has 0 aliphatic carbocycles. The Morgan fingerprint density at radius 3 is 2.52 bits per heavy atom. The molecule has 0 aliphatic rings. The van der Waals surface area contributed by atoms with Gasteiger partial charge in [0.2, 0.25) is 5.89 Å². The van der Waals surface area contributed by atoms with E-state index in [4.69, 9.17) is 19.7 Å². The smallest absolute Gasteiger partial charge is 0.257 e. The van der Waals surface area contributed by atoms with Crippen LogP contribution in [-0.2, 0) is 11.4 Å². The number of nitrogens with two attached hydrogens (primary N) is 1. The van der Waals surface area contributed by atoms with Gasteiger partial charge in [-0.15, -0.1) is 10.2 Å². The topological polar surface area (TPSA) is 95.8 Å². The molecule has 0 fully saturated rings. The van der Waals surface area contributed by atoms with Crippen LogP contribution in [0.4, 0.5) is 4.39 Å². The third kappa shape index (κ3) is 4.11. The van der Waals surface area contributed by atoms with Crippen molar-refractivity contribution in [1.29, 1.82) is 0 Å². The number of oxime groups is 1. The van der Waals surface area contributed by atoms with E-state index in [1.54, 1.807) is 19.2 Å². The lowest BCUT2D eigenvalue weighted by atomic mass is 10.2. The molecule has 0 saturated heterocycles. The maximum Gasteiger partial charge on any atom is 0.257 e. The first-order valence-corrected chi connectivity index (χ1v) is 7.34. The fourth-order valence-corrected chi connectivity index (χ4v) is 1.99. The van der Waals surface area contributed by atoms with E-state index < -0.39 is 0 Å². The number of nitrogens with zero attached hydrogens (tertiary/aromatic N) is 3. The summed E-state index contributed by atoms with van der Waals surface area (Å²) in [6.07, 6.45) is 0.